The van der Waals surface area contributed by atoms with E-state index >= 15 is 0 Å². The highest BCUT2D eigenvalue weighted by Gasteiger charge is 2.33. The summed E-state index contributed by atoms with van der Waals surface area (Å²) in [6.07, 6.45) is -1.08. The average molecular weight is 474 g/mol. The Labute approximate surface area is 184 Å². The van der Waals surface area contributed by atoms with Crippen LogP contribution in [0, 0.1) is 0 Å². The Morgan fingerprint density at radius 1 is 0.812 bits per heavy atom. The molecule has 0 radical (unpaired) electrons. The second kappa shape index (κ2) is 9.20. The number of hydrogen-bond acceptors (Lipinski definition) is 5. The maximum Gasteiger partial charge on any atom is 0.419 e. The quantitative estimate of drug-likeness (QED) is 0.664. The summed E-state index contributed by atoms with van der Waals surface area (Å²) in [7, 11) is -3.56. The Morgan fingerprint density at radius 3 is 1.91 bits per heavy atom. The Morgan fingerprint density at radius 2 is 1.41 bits per heavy atom. The van der Waals surface area contributed by atoms with Gasteiger partial charge in [0.1, 0.15) is 30.4 Å². The van der Waals surface area contributed by atoms with Gasteiger partial charge in [0, 0.05) is 31.6 Å². The van der Waals surface area contributed by atoms with E-state index in [1.165, 1.54) is 16.6 Å². The molecule has 4 heterocycles. The predicted molar refractivity (Wildman–Crippen MR) is 110 cm³/mol. The maximum absolute atomic E-state index is 12.8. The van der Waals surface area contributed by atoms with Crippen LogP contribution in [0.4, 0.5) is 24.8 Å². The third-order valence-electron chi connectivity index (χ3n) is 5.68. The lowest BCUT2D eigenvalue weighted by Gasteiger charge is -2.25. The molecule has 2 aromatic rings. The molecule has 8 nitrogen and oxygen atoms in total. The van der Waals surface area contributed by atoms with Gasteiger partial charge in [-0.2, -0.15) is 17.5 Å². The number of ether oxygens (including phenoxy) is 1. The van der Waals surface area contributed by atoms with Crippen molar-refractivity contribution >= 4 is 21.7 Å². The number of anilines is 2. The number of aromatic amines is 2. The molecule has 0 aromatic carbocycles. The van der Waals surface area contributed by atoms with Crippen LogP contribution in [-0.4, -0.2) is 65.2 Å². The van der Waals surface area contributed by atoms with E-state index in [0.29, 0.717) is 51.8 Å². The van der Waals surface area contributed by atoms with Crippen molar-refractivity contribution < 1.29 is 36.3 Å². The van der Waals surface area contributed by atoms with Crippen molar-refractivity contribution in [2.24, 2.45) is 0 Å². The van der Waals surface area contributed by atoms with Gasteiger partial charge in [0.05, 0.1) is 31.9 Å². The van der Waals surface area contributed by atoms with E-state index < -0.39 is 21.8 Å². The van der Waals surface area contributed by atoms with Crippen molar-refractivity contribution in [2.45, 2.75) is 17.5 Å². The number of pyridine rings is 2. The van der Waals surface area contributed by atoms with Crippen LogP contribution in [0.15, 0.2) is 41.6 Å². The molecule has 12 heteroatoms. The second-order valence-electron chi connectivity index (χ2n) is 7.71. The van der Waals surface area contributed by atoms with Gasteiger partial charge in [0.15, 0.2) is 0 Å². The van der Waals surface area contributed by atoms with Gasteiger partial charge in [-0.1, -0.05) is 0 Å². The molecule has 0 atom stereocenters. The lowest BCUT2D eigenvalue weighted by Crippen LogP contribution is -2.41. The van der Waals surface area contributed by atoms with Gasteiger partial charge in [0.2, 0.25) is 10.0 Å². The highest BCUT2D eigenvalue weighted by atomic mass is 32.2. The third kappa shape index (κ3) is 4.97. The summed E-state index contributed by atoms with van der Waals surface area (Å²) < 4.78 is 70.5. The normalized spacial score (nSPS) is 19.1. The van der Waals surface area contributed by atoms with Crippen LogP contribution in [0.5, 0.6) is 0 Å². The molecular weight excluding hydrogens is 447 g/mol. The Hall–Kier alpha value is -2.44. The van der Waals surface area contributed by atoms with Crippen LogP contribution in [0.2, 0.25) is 0 Å². The topological polar surface area (TPSA) is 81.4 Å². The van der Waals surface area contributed by atoms with Crippen molar-refractivity contribution in [1.82, 2.24) is 4.31 Å². The monoisotopic (exact) mass is 473 g/mol. The molecular formula is C20H26F3N5O3S+2. The summed E-state index contributed by atoms with van der Waals surface area (Å²) in [5.41, 5.74) is -0.709. The summed E-state index contributed by atoms with van der Waals surface area (Å²) in [4.78, 5) is 10.2. The summed E-state index contributed by atoms with van der Waals surface area (Å²) in [6, 6.07) is 5.89. The molecule has 2 N–H and O–H groups in total. The van der Waals surface area contributed by atoms with E-state index in [-0.39, 0.29) is 4.90 Å². The zero-order chi connectivity index (χ0) is 22.8. The molecule has 32 heavy (non-hydrogen) atoms. The van der Waals surface area contributed by atoms with Crippen LogP contribution in [-0.2, 0) is 20.9 Å². The summed E-state index contributed by atoms with van der Waals surface area (Å²) in [5.74, 6) is 1.43. The summed E-state index contributed by atoms with van der Waals surface area (Å²) in [6.45, 7) is 4.15. The standard InChI is InChI=1S/C20H24F3N5O3S/c21-20(22,23)16-2-4-18(24-14-16)26-6-1-7-27(9-8-26)19-5-3-17(15-25-19)32(29,30)28-10-12-31-13-11-28/h2-5,14-15H,1,6-13H2/p+2. The first-order chi connectivity index (χ1) is 15.2. The van der Waals surface area contributed by atoms with Gasteiger partial charge >= 0.3 is 6.18 Å². The van der Waals surface area contributed by atoms with Crippen LogP contribution in [0.1, 0.15) is 12.0 Å². The molecule has 2 saturated heterocycles. The van der Waals surface area contributed by atoms with Crippen LogP contribution in [0.25, 0.3) is 0 Å². The predicted octanol–water partition coefficient (Wildman–Crippen LogP) is 1.07. The number of H-pyrrole nitrogens is 2. The third-order valence-corrected chi connectivity index (χ3v) is 7.57. The fourth-order valence-corrected chi connectivity index (χ4v) is 5.26. The highest BCUT2D eigenvalue weighted by Crippen LogP contribution is 2.28. The van der Waals surface area contributed by atoms with Crippen molar-refractivity contribution in [1.29, 1.82) is 0 Å². The first-order valence-electron chi connectivity index (χ1n) is 10.4. The van der Waals surface area contributed by atoms with Gasteiger partial charge < -0.3 is 4.74 Å². The molecule has 0 aliphatic carbocycles. The van der Waals surface area contributed by atoms with Gasteiger partial charge in [0.25, 0.3) is 11.6 Å². The van der Waals surface area contributed by atoms with Gasteiger partial charge in [-0.15, -0.1) is 0 Å². The van der Waals surface area contributed by atoms with E-state index in [1.807, 2.05) is 4.90 Å². The number of rotatable bonds is 4. The van der Waals surface area contributed by atoms with E-state index in [9.17, 15) is 21.6 Å². The SMILES string of the molecule is O=S(=O)(c1ccc(N2CCCN(c3ccc(C(F)(F)F)c[nH+]3)CC2)[nH+]c1)N1CCOCC1. The minimum absolute atomic E-state index is 0.207. The first kappa shape index (κ1) is 22.7. The fraction of sp³-hybridized carbons (Fsp3) is 0.500. The number of aromatic nitrogens is 2. The van der Waals surface area contributed by atoms with E-state index in [1.54, 1.807) is 12.1 Å². The number of nitrogens with one attached hydrogen (secondary N) is 2. The maximum atomic E-state index is 12.8. The highest BCUT2D eigenvalue weighted by molar-refractivity contribution is 7.89. The number of sulfonamides is 1. The molecule has 0 spiro atoms. The van der Waals surface area contributed by atoms with Crippen molar-refractivity contribution in [3.05, 3.63) is 42.2 Å². The molecule has 0 amide bonds. The molecule has 0 saturated carbocycles. The smallest absolute Gasteiger partial charge is 0.379 e. The van der Waals surface area contributed by atoms with E-state index in [4.69, 9.17) is 4.74 Å². The number of hydrogen-bond donors (Lipinski definition) is 0. The number of nitrogens with zero attached hydrogens (tertiary/aromatic N) is 3. The zero-order valence-corrected chi connectivity index (χ0v) is 18.3. The molecule has 2 aliphatic heterocycles. The van der Waals surface area contributed by atoms with Crippen molar-refractivity contribution in [2.75, 3.05) is 62.3 Å². The molecule has 4 rings (SSSR count). The average Bonchev–Trinajstić information content (AvgIpc) is 3.06. The zero-order valence-electron chi connectivity index (χ0n) is 17.4. The van der Waals surface area contributed by atoms with E-state index in [0.717, 1.165) is 31.0 Å². The molecule has 0 unspecified atom stereocenters. The second-order valence-corrected chi connectivity index (χ2v) is 9.65. The molecule has 2 aromatic heterocycles. The first-order valence-corrected chi connectivity index (χ1v) is 11.9. The Balaban J connectivity index is 1.41. The lowest BCUT2D eigenvalue weighted by atomic mass is 10.2. The number of halogens is 3. The summed E-state index contributed by atoms with van der Waals surface area (Å²) >= 11 is 0. The largest absolute Gasteiger partial charge is 0.419 e. The Bertz CT molecular complexity index is 1010. The van der Waals surface area contributed by atoms with Gasteiger partial charge in [-0.3, -0.25) is 9.80 Å². The molecule has 2 aliphatic rings. The fourth-order valence-electron chi connectivity index (χ4n) is 3.88. The number of alkyl halides is 3. The van der Waals surface area contributed by atoms with Crippen LogP contribution < -0.4 is 19.8 Å². The van der Waals surface area contributed by atoms with Crippen molar-refractivity contribution in [3.63, 3.8) is 0 Å². The molecule has 174 valence electrons. The van der Waals surface area contributed by atoms with Crippen LogP contribution >= 0.6 is 0 Å². The lowest BCUT2D eigenvalue weighted by molar-refractivity contribution is -0.368. The molecule has 0 bridgehead atoms. The number of morpholine rings is 1. The van der Waals surface area contributed by atoms with Gasteiger partial charge in [-0.25, -0.2) is 18.4 Å². The summed E-state index contributed by atoms with van der Waals surface area (Å²) in [5, 5.41) is 0. The Kier molecular flexibility index (Phi) is 6.54. The minimum atomic E-state index is -4.37. The molecule has 2 fully saturated rings. The van der Waals surface area contributed by atoms with Crippen LogP contribution in [0.3, 0.4) is 0 Å². The van der Waals surface area contributed by atoms with E-state index in [2.05, 4.69) is 14.9 Å². The minimum Gasteiger partial charge on any atom is -0.379 e. The van der Waals surface area contributed by atoms with Crippen molar-refractivity contribution in [3.8, 4) is 0 Å². The van der Waals surface area contributed by atoms with Gasteiger partial charge in [-0.05, 0) is 12.1 Å².